The van der Waals surface area contributed by atoms with E-state index in [9.17, 15) is 8.42 Å². The molecule has 0 aliphatic carbocycles. The summed E-state index contributed by atoms with van der Waals surface area (Å²) in [7, 11) is -3.41. The van der Waals surface area contributed by atoms with E-state index in [1.165, 1.54) is 0 Å². The molecule has 0 aromatic heterocycles. The lowest BCUT2D eigenvalue weighted by Crippen LogP contribution is -2.42. The molecule has 20 heavy (non-hydrogen) atoms. The van der Waals surface area contributed by atoms with Crippen LogP contribution < -0.4 is 14.8 Å². The van der Waals surface area contributed by atoms with Gasteiger partial charge in [0, 0.05) is 12.5 Å². The molecule has 112 valence electrons. The van der Waals surface area contributed by atoms with Gasteiger partial charge in [0.2, 0.25) is 10.0 Å². The summed E-state index contributed by atoms with van der Waals surface area (Å²) >= 11 is 0. The third-order valence-corrected chi connectivity index (χ3v) is 5.15. The summed E-state index contributed by atoms with van der Waals surface area (Å²) in [6, 6.07) is 5.13. The van der Waals surface area contributed by atoms with Gasteiger partial charge in [-0.3, -0.25) is 0 Å². The van der Waals surface area contributed by atoms with Crippen molar-refractivity contribution in [2.75, 3.05) is 19.7 Å². The highest BCUT2D eigenvalue weighted by Crippen LogP contribution is 2.27. The van der Waals surface area contributed by atoms with E-state index in [-0.39, 0.29) is 18.4 Å². The van der Waals surface area contributed by atoms with Crippen molar-refractivity contribution in [3.05, 3.63) is 23.8 Å². The van der Waals surface area contributed by atoms with Crippen molar-refractivity contribution >= 4 is 22.4 Å². The molecule has 0 radical (unpaired) electrons. The molecule has 1 saturated heterocycles. The number of piperidine rings is 1. The van der Waals surface area contributed by atoms with E-state index in [1.54, 1.807) is 18.2 Å². The number of sulfonamides is 1. The van der Waals surface area contributed by atoms with Gasteiger partial charge in [-0.15, -0.1) is 12.4 Å². The van der Waals surface area contributed by atoms with Crippen LogP contribution in [-0.2, 0) is 16.4 Å². The van der Waals surface area contributed by atoms with Crippen LogP contribution >= 0.6 is 12.4 Å². The number of hydrogen-bond acceptors (Lipinski definition) is 4. The van der Waals surface area contributed by atoms with Gasteiger partial charge in [0.25, 0.3) is 0 Å². The molecule has 5 nitrogen and oxygen atoms in total. The molecule has 0 atom stereocenters. The summed E-state index contributed by atoms with van der Waals surface area (Å²) in [6.07, 6.45) is 2.46. The van der Waals surface area contributed by atoms with Crippen LogP contribution in [0.25, 0.3) is 0 Å². The largest absolute Gasteiger partial charge is 0.493 e. The molecular formula is C13H19ClN2O3S. The number of benzene rings is 1. The maximum atomic E-state index is 12.3. The third-order valence-electron chi connectivity index (χ3n) is 3.63. The first kappa shape index (κ1) is 15.6. The maximum absolute atomic E-state index is 12.3. The lowest BCUT2D eigenvalue weighted by molar-refractivity contribution is 0.356. The SMILES string of the molecule is Cl.O=S(=O)(NC1CCNCC1)c1ccc2c(c1)CCO2. The summed E-state index contributed by atoms with van der Waals surface area (Å²) in [5, 5.41) is 3.22. The highest BCUT2D eigenvalue weighted by atomic mass is 35.5. The van der Waals surface area contributed by atoms with Crippen LogP contribution in [0.4, 0.5) is 0 Å². The van der Waals surface area contributed by atoms with Gasteiger partial charge in [0.1, 0.15) is 5.75 Å². The second-order valence-electron chi connectivity index (χ2n) is 5.01. The summed E-state index contributed by atoms with van der Waals surface area (Å²) < 4.78 is 32.8. The van der Waals surface area contributed by atoms with E-state index < -0.39 is 10.0 Å². The Hall–Kier alpha value is -0.820. The Bertz CT molecular complexity index is 571. The number of nitrogens with one attached hydrogen (secondary N) is 2. The molecule has 2 aliphatic rings. The fraction of sp³-hybridized carbons (Fsp3) is 0.538. The van der Waals surface area contributed by atoms with E-state index in [2.05, 4.69) is 10.0 Å². The Morgan fingerprint density at radius 3 is 2.75 bits per heavy atom. The zero-order valence-corrected chi connectivity index (χ0v) is 12.7. The molecule has 1 fully saturated rings. The highest BCUT2D eigenvalue weighted by Gasteiger charge is 2.23. The number of halogens is 1. The predicted octanol–water partition coefficient (Wildman–Crippen LogP) is 1.07. The molecule has 3 rings (SSSR count). The van der Waals surface area contributed by atoms with Crippen molar-refractivity contribution in [2.45, 2.75) is 30.2 Å². The quantitative estimate of drug-likeness (QED) is 0.875. The molecule has 2 aliphatic heterocycles. The Labute approximate surface area is 125 Å². The molecule has 2 N–H and O–H groups in total. The van der Waals surface area contributed by atoms with Crippen molar-refractivity contribution in [1.29, 1.82) is 0 Å². The Balaban J connectivity index is 0.00000147. The minimum Gasteiger partial charge on any atom is -0.493 e. The smallest absolute Gasteiger partial charge is 0.240 e. The molecule has 7 heteroatoms. The molecule has 2 heterocycles. The second-order valence-corrected chi connectivity index (χ2v) is 6.73. The van der Waals surface area contributed by atoms with Gasteiger partial charge in [-0.2, -0.15) is 0 Å². The first-order valence-electron chi connectivity index (χ1n) is 6.64. The van der Waals surface area contributed by atoms with Crippen LogP contribution in [-0.4, -0.2) is 34.2 Å². The number of ether oxygens (including phenoxy) is 1. The van der Waals surface area contributed by atoms with Gasteiger partial charge >= 0.3 is 0 Å². The zero-order chi connectivity index (χ0) is 13.3. The topological polar surface area (TPSA) is 67.4 Å². The van der Waals surface area contributed by atoms with Crippen molar-refractivity contribution in [3.63, 3.8) is 0 Å². The van der Waals surface area contributed by atoms with E-state index in [1.807, 2.05) is 0 Å². The third kappa shape index (κ3) is 3.25. The Kier molecular flexibility index (Phi) is 4.90. The van der Waals surface area contributed by atoms with E-state index in [4.69, 9.17) is 4.74 Å². The summed E-state index contributed by atoms with van der Waals surface area (Å²) in [5.74, 6) is 0.806. The lowest BCUT2D eigenvalue weighted by atomic mass is 10.1. The standard InChI is InChI=1S/C13H18N2O3S.ClH/c16-19(17,15-11-3-6-14-7-4-11)12-1-2-13-10(9-12)5-8-18-13;/h1-2,9,11,14-15H,3-8H2;1H. The number of hydrogen-bond donors (Lipinski definition) is 2. The van der Waals surface area contributed by atoms with Crippen LogP contribution in [0, 0.1) is 0 Å². The molecule has 0 saturated carbocycles. The fourth-order valence-corrected chi connectivity index (χ4v) is 3.91. The van der Waals surface area contributed by atoms with Gasteiger partial charge in [-0.1, -0.05) is 0 Å². The highest BCUT2D eigenvalue weighted by molar-refractivity contribution is 7.89. The van der Waals surface area contributed by atoms with Crippen LogP contribution in [0.2, 0.25) is 0 Å². The molecular weight excluding hydrogens is 300 g/mol. The fourth-order valence-electron chi connectivity index (χ4n) is 2.56. The lowest BCUT2D eigenvalue weighted by Gasteiger charge is -2.23. The van der Waals surface area contributed by atoms with Crippen LogP contribution in [0.3, 0.4) is 0 Å². The molecule has 0 amide bonds. The molecule has 0 bridgehead atoms. The summed E-state index contributed by atoms with van der Waals surface area (Å²) in [5.41, 5.74) is 0.980. The van der Waals surface area contributed by atoms with Gasteiger partial charge in [0.05, 0.1) is 11.5 Å². The Morgan fingerprint density at radius 2 is 2.00 bits per heavy atom. The monoisotopic (exact) mass is 318 g/mol. The number of rotatable bonds is 3. The minimum absolute atomic E-state index is 0. The van der Waals surface area contributed by atoms with E-state index in [0.717, 1.165) is 43.7 Å². The normalized spacial score (nSPS) is 19.0. The van der Waals surface area contributed by atoms with Crippen molar-refractivity contribution in [1.82, 2.24) is 10.0 Å². The van der Waals surface area contributed by atoms with Gasteiger partial charge in [-0.05, 0) is 49.7 Å². The van der Waals surface area contributed by atoms with Crippen molar-refractivity contribution in [3.8, 4) is 5.75 Å². The maximum Gasteiger partial charge on any atom is 0.240 e. The van der Waals surface area contributed by atoms with Gasteiger partial charge in [0.15, 0.2) is 0 Å². The molecule has 0 spiro atoms. The van der Waals surface area contributed by atoms with Gasteiger partial charge in [-0.25, -0.2) is 13.1 Å². The van der Waals surface area contributed by atoms with Crippen molar-refractivity contribution < 1.29 is 13.2 Å². The average Bonchev–Trinajstić information content (AvgIpc) is 2.86. The van der Waals surface area contributed by atoms with Crippen LogP contribution in [0.5, 0.6) is 5.75 Å². The first-order valence-corrected chi connectivity index (χ1v) is 8.12. The van der Waals surface area contributed by atoms with E-state index >= 15 is 0 Å². The van der Waals surface area contributed by atoms with Crippen LogP contribution in [0.1, 0.15) is 18.4 Å². The van der Waals surface area contributed by atoms with Crippen molar-refractivity contribution in [2.24, 2.45) is 0 Å². The van der Waals surface area contributed by atoms with Crippen LogP contribution in [0.15, 0.2) is 23.1 Å². The summed E-state index contributed by atoms with van der Waals surface area (Å²) in [4.78, 5) is 0.343. The zero-order valence-electron chi connectivity index (χ0n) is 11.1. The number of fused-ring (bicyclic) bond motifs is 1. The minimum atomic E-state index is -3.41. The second kappa shape index (κ2) is 6.30. The predicted molar refractivity (Wildman–Crippen MR) is 79.1 cm³/mol. The van der Waals surface area contributed by atoms with Gasteiger partial charge < -0.3 is 10.1 Å². The molecule has 1 aromatic rings. The molecule has 0 unspecified atom stereocenters. The molecule has 1 aromatic carbocycles. The Morgan fingerprint density at radius 1 is 1.25 bits per heavy atom. The first-order chi connectivity index (χ1) is 9.15. The average molecular weight is 319 g/mol. The van der Waals surface area contributed by atoms with E-state index in [0.29, 0.717) is 11.5 Å². The summed E-state index contributed by atoms with van der Waals surface area (Å²) in [6.45, 7) is 2.37.